The van der Waals surface area contributed by atoms with Crippen LogP contribution in [0.2, 0.25) is 0 Å². The van der Waals surface area contributed by atoms with Crippen LogP contribution in [0, 0.1) is 6.92 Å². The highest BCUT2D eigenvalue weighted by molar-refractivity contribution is 5.86. The number of aliphatic imine (C=N–C) groups is 1. The Labute approximate surface area is 141 Å². The molecule has 3 heteroatoms. The highest BCUT2D eigenvalue weighted by Crippen LogP contribution is 2.30. The lowest BCUT2D eigenvalue weighted by Crippen LogP contribution is -1.91. The van der Waals surface area contributed by atoms with Gasteiger partial charge in [0, 0.05) is 11.8 Å². The van der Waals surface area contributed by atoms with E-state index in [-0.39, 0.29) is 11.5 Å². The molecule has 0 aromatic heterocycles. The minimum Gasteiger partial charge on any atom is -0.507 e. The molecular formula is C21H19NO2. The summed E-state index contributed by atoms with van der Waals surface area (Å²) in [5.74, 6) is 0.301. The maximum Gasteiger partial charge on any atom is 0.141 e. The van der Waals surface area contributed by atoms with Crippen molar-refractivity contribution < 1.29 is 10.2 Å². The number of nitrogens with zero attached hydrogens (tertiary/aromatic N) is 1. The van der Waals surface area contributed by atoms with E-state index in [1.54, 1.807) is 24.4 Å². The molecule has 0 aliphatic heterocycles. The molecule has 0 saturated carbocycles. The van der Waals surface area contributed by atoms with Crippen molar-refractivity contribution in [2.75, 3.05) is 0 Å². The van der Waals surface area contributed by atoms with Crippen LogP contribution < -0.4 is 0 Å². The summed E-state index contributed by atoms with van der Waals surface area (Å²) in [6, 6.07) is 20.9. The fourth-order valence-electron chi connectivity index (χ4n) is 2.59. The van der Waals surface area contributed by atoms with Crippen LogP contribution in [0.1, 0.15) is 22.3 Å². The van der Waals surface area contributed by atoms with Crippen LogP contribution in [0.4, 0.5) is 5.69 Å². The second kappa shape index (κ2) is 7.01. The molecular weight excluding hydrogens is 298 g/mol. The lowest BCUT2D eigenvalue weighted by atomic mass is 10.0. The molecule has 2 N–H and O–H groups in total. The lowest BCUT2D eigenvalue weighted by molar-refractivity contribution is 0.473. The van der Waals surface area contributed by atoms with Gasteiger partial charge in [-0.05, 0) is 48.2 Å². The average Bonchev–Trinajstić information content (AvgIpc) is 2.58. The van der Waals surface area contributed by atoms with Gasteiger partial charge in [-0.2, -0.15) is 0 Å². The first-order valence-corrected chi connectivity index (χ1v) is 7.82. The lowest BCUT2D eigenvalue weighted by Gasteiger charge is -2.06. The van der Waals surface area contributed by atoms with Crippen LogP contribution in [0.3, 0.4) is 0 Å². The molecule has 0 aliphatic carbocycles. The molecule has 0 atom stereocenters. The number of phenolic OH excluding ortho intramolecular Hbond substituents is 2. The van der Waals surface area contributed by atoms with E-state index in [1.807, 2.05) is 43.3 Å². The monoisotopic (exact) mass is 317 g/mol. The van der Waals surface area contributed by atoms with Gasteiger partial charge in [0.25, 0.3) is 0 Å². The van der Waals surface area contributed by atoms with Gasteiger partial charge in [0.15, 0.2) is 0 Å². The third-order valence-corrected chi connectivity index (χ3v) is 3.89. The second-order valence-corrected chi connectivity index (χ2v) is 5.76. The topological polar surface area (TPSA) is 52.8 Å². The molecule has 120 valence electrons. The summed E-state index contributed by atoms with van der Waals surface area (Å²) in [7, 11) is 0. The van der Waals surface area contributed by atoms with E-state index in [9.17, 15) is 10.2 Å². The predicted molar refractivity (Wildman–Crippen MR) is 97.5 cm³/mol. The van der Waals surface area contributed by atoms with Crippen LogP contribution >= 0.6 is 0 Å². The quantitative estimate of drug-likeness (QED) is 0.682. The van der Waals surface area contributed by atoms with Crippen molar-refractivity contribution in [1.29, 1.82) is 0 Å². The van der Waals surface area contributed by atoms with E-state index >= 15 is 0 Å². The number of rotatable bonds is 4. The summed E-state index contributed by atoms with van der Waals surface area (Å²) in [6.07, 6.45) is 2.38. The molecule has 3 rings (SSSR count). The van der Waals surface area contributed by atoms with Crippen LogP contribution in [0.5, 0.6) is 11.5 Å². The van der Waals surface area contributed by atoms with Crippen LogP contribution in [0.15, 0.2) is 71.7 Å². The Bertz CT molecular complexity index is 850. The van der Waals surface area contributed by atoms with Crippen LogP contribution in [0.25, 0.3) is 0 Å². The number of hydrogen-bond donors (Lipinski definition) is 2. The molecule has 0 aliphatic rings. The number of phenols is 2. The molecule has 0 spiro atoms. The first-order chi connectivity index (χ1) is 11.6. The summed E-state index contributed by atoms with van der Waals surface area (Å²) >= 11 is 0. The smallest absolute Gasteiger partial charge is 0.141 e. The number of hydrogen-bond acceptors (Lipinski definition) is 3. The van der Waals surface area contributed by atoms with Crippen molar-refractivity contribution in [3.8, 4) is 11.5 Å². The fraction of sp³-hybridized carbons (Fsp3) is 0.0952. The van der Waals surface area contributed by atoms with Crippen molar-refractivity contribution in [2.24, 2.45) is 4.99 Å². The molecule has 0 radical (unpaired) electrons. The summed E-state index contributed by atoms with van der Waals surface area (Å²) < 4.78 is 0. The predicted octanol–water partition coefficient (Wildman–Crippen LogP) is 4.75. The second-order valence-electron chi connectivity index (χ2n) is 5.76. The summed E-state index contributed by atoms with van der Waals surface area (Å²) in [5, 5.41) is 20.0. The normalized spacial score (nSPS) is 11.0. The van der Waals surface area contributed by atoms with Crippen LogP contribution in [-0.4, -0.2) is 16.4 Å². The first-order valence-electron chi connectivity index (χ1n) is 7.82. The van der Waals surface area contributed by atoms with Gasteiger partial charge in [-0.15, -0.1) is 0 Å². The highest BCUT2D eigenvalue weighted by Gasteiger charge is 2.05. The van der Waals surface area contributed by atoms with Gasteiger partial charge in [-0.3, -0.25) is 4.99 Å². The van der Waals surface area contributed by atoms with Crippen LogP contribution in [-0.2, 0) is 6.42 Å². The summed E-state index contributed by atoms with van der Waals surface area (Å²) in [6.45, 7) is 1.89. The van der Waals surface area contributed by atoms with E-state index < -0.39 is 0 Å². The molecule has 0 unspecified atom stereocenters. The summed E-state index contributed by atoms with van der Waals surface area (Å²) in [5.41, 5.74) is 4.33. The van der Waals surface area contributed by atoms with E-state index in [2.05, 4.69) is 17.1 Å². The molecule has 0 amide bonds. The number of benzene rings is 3. The molecule has 3 aromatic carbocycles. The van der Waals surface area contributed by atoms with E-state index in [0.717, 1.165) is 17.5 Å². The average molecular weight is 317 g/mol. The first kappa shape index (κ1) is 15.8. The zero-order valence-electron chi connectivity index (χ0n) is 13.5. The Morgan fingerprint density at radius 2 is 1.62 bits per heavy atom. The maximum atomic E-state index is 10.1. The third-order valence-electron chi connectivity index (χ3n) is 3.89. The Morgan fingerprint density at radius 1 is 0.833 bits per heavy atom. The van der Waals surface area contributed by atoms with Crippen molar-refractivity contribution in [3.63, 3.8) is 0 Å². The Morgan fingerprint density at radius 3 is 2.38 bits per heavy atom. The molecule has 24 heavy (non-hydrogen) atoms. The van der Waals surface area contributed by atoms with Crippen molar-refractivity contribution in [3.05, 3.63) is 89.0 Å². The molecule has 3 nitrogen and oxygen atoms in total. The minimum absolute atomic E-state index is 0.131. The fourth-order valence-corrected chi connectivity index (χ4v) is 2.59. The zero-order valence-corrected chi connectivity index (χ0v) is 13.5. The Hall–Kier alpha value is -3.07. The highest BCUT2D eigenvalue weighted by atomic mass is 16.3. The minimum atomic E-state index is 0.131. The van der Waals surface area contributed by atoms with E-state index in [0.29, 0.717) is 11.3 Å². The van der Waals surface area contributed by atoms with Crippen molar-refractivity contribution in [1.82, 2.24) is 0 Å². The standard InChI is InChI=1S/C21H19NO2/c1-15-6-5-9-20(24)21(15)22-14-18-13-17(10-11-19(18)23)12-16-7-3-2-4-8-16/h2-11,13-14,23-24H,12H2,1H3. The van der Waals surface area contributed by atoms with Gasteiger partial charge in [0.05, 0.1) is 0 Å². The number of para-hydroxylation sites is 1. The molecule has 3 aromatic rings. The molecule has 0 heterocycles. The van der Waals surface area contributed by atoms with E-state index in [1.165, 1.54) is 5.56 Å². The summed E-state index contributed by atoms with van der Waals surface area (Å²) in [4.78, 5) is 4.35. The Kier molecular flexibility index (Phi) is 4.62. The van der Waals surface area contributed by atoms with Crippen molar-refractivity contribution in [2.45, 2.75) is 13.3 Å². The van der Waals surface area contributed by atoms with Gasteiger partial charge in [0.2, 0.25) is 0 Å². The van der Waals surface area contributed by atoms with Gasteiger partial charge in [0.1, 0.15) is 17.2 Å². The van der Waals surface area contributed by atoms with Crippen molar-refractivity contribution >= 4 is 11.9 Å². The zero-order chi connectivity index (χ0) is 16.9. The number of aromatic hydroxyl groups is 2. The SMILES string of the molecule is Cc1cccc(O)c1N=Cc1cc(Cc2ccccc2)ccc1O. The molecule has 0 saturated heterocycles. The van der Waals surface area contributed by atoms with Gasteiger partial charge >= 0.3 is 0 Å². The maximum absolute atomic E-state index is 10.1. The largest absolute Gasteiger partial charge is 0.507 e. The van der Waals surface area contributed by atoms with Gasteiger partial charge in [-0.1, -0.05) is 48.5 Å². The molecule has 0 bridgehead atoms. The molecule has 0 fully saturated rings. The van der Waals surface area contributed by atoms with Gasteiger partial charge in [-0.25, -0.2) is 0 Å². The Balaban J connectivity index is 1.88. The van der Waals surface area contributed by atoms with E-state index in [4.69, 9.17) is 0 Å². The van der Waals surface area contributed by atoms with Gasteiger partial charge < -0.3 is 10.2 Å². The number of aryl methyl sites for hydroxylation is 1. The third kappa shape index (κ3) is 3.63.